The Balaban J connectivity index is 4.31. The van der Waals surface area contributed by atoms with Gasteiger partial charge in [-0.3, -0.25) is 4.79 Å². The average molecular weight is 203 g/mol. The Labute approximate surface area is 78.6 Å². The van der Waals surface area contributed by atoms with Crippen LogP contribution in [0.4, 0.5) is 0 Å². The molecule has 0 rings (SSSR count). The lowest BCUT2D eigenvalue weighted by Gasteiger charge is -1.96. The van der Waals surface area contributed by atoms with E-state index in [9.17, 15) is 9.69 Å². The number of rotatable bonds is 5. The molecule has 0 aromatic heterocycles. The van der Waals surface area contributed by atoms with Crippen molar-refractivity contribution in [3.8, 4) is 0 Å². The van der Waals surface area contributed by atoms with Crippen LogP contribution in [-0.2, 0) is 4.79 Å². The summed E-state index contributed by atoms with van der Waals surface area (Å²) in [7, 11) is -1.82. The Morgan fingerprint density at radius 2 is 2.31 bits per heavy atom. The summed E-state index contributed by atoms with van der Waals surface area (Å²) in [5.74, 6) is 0.524. The molecule has 4 nitrogen and oxygen atoms in total. The molecule has 0 saturated heterocycles. The molecule has 0 spiro atoms. The largest absolute Gasteiger partial charge is 0.614 e. The van der Waals surface area contributed by atoms with Crippen LogP contribution in [0.3, 0.4) is 0 Å². The minimum absolute atomic E-state index is 0.0466. The van der Waals surface area contributed by atoms with Gasteiger partial charge in [0.1, 0.15) is 13.7 Å². The second-order valence-corrected chi connectivity index (χ2v) is 3.59. The third-order valence-electron chi connectivity index (χ3n) is 1.37. The first-order valence-corrected chi connectivity index (χ1v) is 5.42. The Bertz CT molecular complexity index is 232. The van der Waals surface area contributed by atoms with E-state index in [1.807, 2.05) is 6.92 Å². The Kier molecular flexibility index (Phi) is 6.41. The molecule has 0 bridgehead atoms. The summed E-state index contributed by atoms with van der Waals surface area (Å²) in [5, 5.41) is 8.40. The van der Waals surface area contributed by atoms with Gasteiger partial charge in [0.05, 0.1) is 6.42 Å². The summed E-state index contributed by atoms with van der Waals surface area (Å²) in [4.78, 5) is 20.9. The smallest absolute Gasteiger partial charge is 0.307 e. The minimum Gasteiger partial charge on any atom is -0.614 e. The van der Waals surface area contributed by atoms with Crippen molar-refractivity contribution in [3.63, 3.8) is 0 Å². The van der Waals surface area contributed by atoms with Gasteiger partial charge in [0.15, 0.2) is 0 Å². The van der Waals surface area contributed by atoms with Gasteiger partial charge in [-0.05, 0) is 12.0 Å². The summed E-state index contributed by atoms with van der Waals surface area (Å²) in [5.41, 5.74) is 5.85. The highest BCUT2D eigenvalue weighted by Crippen LogP contribution is 2.08. The minimum atomic E-state index is -1.82. The highest BCUT2D eigenvalue weighted by Gasteiger charge is 1.99. The van der Waals surface area contributed by atoms with E-state index in [0.717, 1.165) is 12.0 Å². The van der Waals surface area contributed by atoms with Crippen LogP contribution >= 0.6 is 7.92 Å². The van der Waals surface area contributed by atoms with Crippen molar-refractivity contribution in [2.24, 2.45) is 5.50 Å². The molecule has 0 aromatic rings. The van der Waals surface area contributed by atoms with E-state index >= 15 is 0 Å². The molecule has 0 radical (unpaired) electrons. The molecule has 0 aromatic carbocycles. The van der Waals surface area contributed by atoms with Gasteiger partial charge in [-0.1, -0.05) is 19.4 Å². The maximum absolute atomic E-state index is 10.7. The zero-order valence-corrected chi connectivity index (χ0v) is 8.46. The van der Waals surface area contributed by atoms with Gasteiger partial charge in [-0.2, -0.15) is 5.50 Å². The molecule has 3 N–H and O–H groups in total. The zero-order chi connectivity index (χ0) is 10.3. The van der Waals surface area contributed by atoms with Crippen LogP contribution in [0.15, 0.2) is 11.6 Å². The highest BCUT2D eigenvalue weighted by atomic mass is 31.1. The molecule has 0 heterocycles. The highest BCUT2D eigenvalue weighted by molar-refractivity contribution is 7.47. The third-order valence-corrected chi connectivity index (χ3v) is 1.96. The van der Waals surface area contributed by atoms with Crippen molar-refractivity contribution in [1.82, 2.24) is 0 Å². The maximum Gasteiger partial charge on any atom is 0.307 e. The SMILES string of the molecule is CCCC(=CCC(=O)O)C=[P+](N)[O-]. The fourth-order valence-electron chi connectivity index (χ4n) is 0.890. The van der Waals surface area contributed by atoms with Gasteiger partial charge < -0.3 is 10.00 Å². The molecular formula is C8H14NO3P. The summed E-state index contributed by atoms with van der Waals surface area (Å²) in [6.07, 6.45) is 3.09. The van der Waals surface area contributed by atoms with Crippen molar-refractivity contribution in [1.29, 1.82) is 0 Å². The Morgan fingerprint density at radius 3 is 2.69 bits per heavy atom. The zero-order valence-electron chi connectivity index (χ0n) is 7.56. The number of allylic oxidation sites excluding steroid dienone is 1. The Morgan fingerprint density at radius 1 is 1.69 bits per heavy atom. The van der Waals surface area contributed by atoms with Crippen molar-refractivity contribution >= 4 is 19.7 Å². The fourth-order valence-corrected chi connectivity index (χ4v) is 1.45. The van der Waals surface area contributed by atoms with Gasteiger partial charge in [-0.25, -0.2) is 0 Å². The number of aliphatic carboxylic acids is 1. The quantitative estimate of drug-likeness (QED) is 0.641. The molecule has 13 heavy (non-hydrogen) atoms. The molecule has 1 atom stereocenters. The lowest BCUT2D eigenvalue weighted by molar-refractivity contribution is -0.152. The topological polar surface area (TPSA) is 86.4 Å². The standard InChI is InChI=1S/C8H14NO3P/c1-2-3-7(6-13(9)12)4-5-8(10)11/h4,6H,2-3,5,9H2,1H3,(H,10,11). The van der Waals surface area contributed by atoms with Gasteiger partial charge in [0.2, 0.25) is 0 Å². The summed E-state index contributed by atoms with van der Waals surface area (Å²) in [6, 6.07) is 0. The van der Waals surface area contributed by atoms with E-state index in [4.69, 9.17) is 10.6 Å². The monoisotopic (exact) mass is 203 g/mol. The maximum atomic E-state index is 10.7. The van der Waals surface area contributed by atoms with E-state index in [0.29, 0.717) is 6.42 Å². The third kappa shape index (κ3) is 7.65. The molecule has 0 saturated carbocycles. The second-order valence-electron chi connectivity index (χ2n) is 2.62. The van der Waals surface area contributed by atoms with E-state index in [1.54, 1.807) is 6.08 Å². The van der Waals surface area contributed by atoms with Gasteiger partial charge in [0, 0.05) is 0 Å². The molecular weight excluding hydrogens is 189 g/mol. The van der Waals surface area contributed by atoms with E-state index in [1.165, 1.54) is 5.80 Å². The number of carboxylic acids is 1. The average Bonchev–Trinajstić information content (AvgIpc) is 1.99. The summed E-state index contributed by atoms with van der Waals surface area (Å²) < 4.78 is 0. The van der Waals surface area contributed by atoms with E-state index in [2.05, 4.69) is 0 Å². The normalized spacial score (nSPS) is 13.2. The van der Waals surface area contributed by atoms with Crippen molar-refractivity contribution < 1.29 is 14.8 Å². The van der Waals surface area contributed by atoms with Crippen LogP contribution in [0.1, 0.15) is 26.2 Å². The van der Waals surface area contributed by atoms with Crippen molar-refractivity contribution in [2.45, 2.75) is 26.2 Å². The lowest BCUT2D eigenvalue weighted by Crippen LogP contribution is -2.00. The molecule has 1 unspecified atom stereocenters. The molecule has 74 valence electrons. The fraction of sp³-hybridized carbons (Fsp3) is 0.500. The predicted molar refractivity (Wildman–Crippen MR) is 52.4 cm³/mol. The van der Waals surface area contributed by atoms with Crippen molar-refractivity contribution in [2.75, 3.05) is 0 Å². The molecule has 0 aliphatic rings. The van der Waals surface area contributed by atoms with Crippen molar-refractivity contribution in [3.05, 3.63) is 11.6 Å². The van der Waals surface area contributed by atoms with Gasteiger partial charge >= 0.3 is 5.97 Å². The molecule has 0 aliphatic heterocycles. The van der Waals surface area contributed by atoms with Gasteiger partial charge in [0.25, 0.3) is 0 Å². The molecule has 5 heteroatoms. The van der Waals surface area contributed by atoms with Crippen LogP contribution in [0.5, 0.6) is 0 Å². The first-order valence-electron chi connectivity index (χ1n) is 4.03. The van der Waals surface area contributed by atoms with E-state index in [-0.39, 0.29) is 6.42 Å². The first kappa shape index (κ1) is 12.3. The molecule has 0 amide bonds. The first-order chi connectivity index (χ1) is 6.06. The van der Waals surface area contributed by atoms with Crippen LogP contribution in [0.25, 0.3) is 0 Å². The molecule has 0 aliphatic carbocycles. The number of carboxylic acid groups (broad SMARTS) is 1. The predicted octanol–water partition coefficient (Wildman–Crippen LogP) is 0.621. The van der Waals surface area contributed by atoms with Gasteiger partial charge in [-0.15, -0.1) is 0 Å². The lowest BCUT2D eigenvalue weighted by atomic mass is 10.1. The summed E-state index contributed by atoms with van der Waals surface area (Å²) >= 11 is 0. The number of hydrogen-bond donors (Lipinski definition) is 2. The number of nitrogens with two attached hydrogens (primary N) is 1. The van der Waals surface area contributed by atoms with E-state index < -0.39 is 13.9 Å². The van der Waals surface area contributed by atoms with Crippen LogP contribution < -0.4 is 10.4 Å². The molecule has 0 fully saturated rings. The van der Waals surface area contributed by atoms with Crippen LogP contribution in [-0.4, -0.2) is 16.9 Å². The Hall–Kier alpha value is -0.700. The van der Waals surface area contributed by atoms with Crippen LogP contribution in [0.2, 0.25) is 0 Å². The van der Waals surface area contributed by atoms with Crippen LogP contribution in [0, 0.1) is 0 Å². The second kappa shape index (κ2) is 6.78. The number of hydrogen-bond acceptors (Lipinski definition) is 3. The number of carbonyl (C=O) groups is 1. The summed E-state index contributed by atoms with van der Waals surface area (Å²) in [6.45, 7) is 1.96.